The molecule has 1 atom stereocenters. The number of benzene rings is 1. The first-order valence-electron chi connectivity index (χ1n) is 8.53. The minimum atomic E-state index is -3.42. The van der Waals surface area contributed by atoms with Crippen molar-refractivity contribution in [1.82, 2.24) is 5.32 Å². The van der Waals surface area contributed by atoms with Gasteiger partial charge in [-0.3, -0.25) is 9.88 Å². The second-order valence-electron chi connectivity index (χ2n) is 5.84. The highest BCUT2D eigenvalue weighted by Gasteiger charge is 2.39. The summed E-state index contributed by atoms with van der Waals surface area (Å²) in [5.41, 5.74) is 0.573. The van der Waals surface area contributed by atoms with E-state index >= 15 is 0 Å². The largest absolute Gasteiger partial charge is 0.508 e. The summed E-state index contributed by atoms with van der Waals surface area (Å²) < 4.78 is 24.4. The average molecular weight is 341 g/mol. The van der Waals surface area contributed by atoms with Crippen LogP contribution in [0.15, 0.2) is 24.3 Å². The third-order valence-electron chi connectivity index (χ3n) is 4.16. The molecule has 130 valence electrons. The second kappa shape index (κ2) is 8.84. The van der Waals surface area contributed by atoms with E-state index in [0.29, 0.717) is 18.8 Å². The average Bonchev–Trinajstić information content (AvgIpc) is 2.55. The van der Waals surface area contributed by atoms with Crippen LogP contribution in [0.5, 0.6) is 5.75 Å². The molecular formula is C17H28NO4P. The van der Waals surface area contributed by atoms with Crippen LogP contribution in [0, 0.1) is 0 Å². The van der Waals surface area contributed by atoms with Crippen molar-refractivity contribution in [2.75, 3.05) is 13.2 Å². The lowest BCUT2D eigenvalue weighted by atomic mass is 9.95. The van der Waals surface area contributed by atoms with Gasteiger partial charge < -0.3 is 14.2 Å². The van der Waals surface area contributed by atoms with Gasteiger partial charge >= 0.3 is 7.60 Å². The summed E-state index contributed by atoms with van der Waals surface area (Å²) in [6.45, 7) is 4.20. The summed E-state index contributed by atoms with van der Waals surface area (Å²) in [7, 11) is -3.42. The fraction of sp³-hybridized carbons (Fsp3) is 0.647. The Morgan fingerprint density at radius 2 is 1.78 bits per heavy atom. The monoisotopic (exact) mass is 341 g/mol. The third kappa shape index (κ3) is 4.80. The standard InChI is InChI=1S/C17H28NO4P/c1-3-21-23(20,22-4-2)17(15-12-8-9-13-16(15)19)18-14-10-6-5-7-11-14/h8-9,12-14,17-19H,3-7,10-11H2,1-2H3. The maximum absolute atomic E-state index is 13.3. The molecule has 2 N–H and O–H groups in total. The van der Waals surface area contributed by atoms with Gasteiger partial charge in [0.15, 0.2) is 0 Å². The van der Waals surface area contributed by atoms with Gasteiger partial charge in [-0.15, -0.1) is 0 Å². The lowest BCUT2D eigenvalue weighted by Gasteiger charge is -2.33. The fourth-order valence-electron chi connectivity index (χ4n) is 3.11. The molecule has 0 aromatic heterocycles. The first-order chi connectivity index (χ1) is 11.1. The van der Waals surface area contributed by atoms with Crippen molar-refractivity contribution in [3.05, 3.63) is 29.8 Å². The summed E-state index contributed by atoms with van der Waals surface area (Å²) in [5, 5.41) is 13.7. The molecule has 0 amide bonds. The minimum absolute atomic E-state index is 0.112. The Morgan fingerprint density at radius 3 is 2.35 bits per heavy atom. The van der Waals surface area contributed by atoms with Crippen LogP contribution >= 0.6 is 7.60 Å². The number of nitrogens with one attached hydrogen (secondary N) is 1. The van der Waals surface area contributed by atoms with Crippen molar-refractivity contribution in [3.63, 3.8) is 0 Å². The molecule has 1 fully saturated rings. The van der Waals surface area contributed by atoms with E-state index in [4.69, 9.17) is 9.05 Å². The number of para-hydroxylation sites is 1. The van der Waals surface area contributed by atoms with Crippen LogP contribution in [0.3, 0.4) is 0 Å². The molecule has 1 aromatic carbocycles. The Morgan fingerprint density at radius 1 is 1.17 bits per heavy atom. The summed E-state index contributed by atoms with van der Waals surface area (Å²) in [4.78, 5) is 0. The number of rotatable bonds is 8. The molecule has 1 saturated carbocycles. The third-order valence-corrected chi connectivity index (χ3v) is 6.46. The van der Waals surface area contributed by atoms with Crippen molar-refractivity contribution >= 4 is 7.60 Å². The van der Waals surface area contributed by atoms with Gasteiger partial charge in [-0.1, -0.05) is 37.5 Å². The number of hydrogen-bond donors (Lipinski definition) is 2. The molecule has 0 saturated heterocycles. The number of hydrogen-bond acceptors (Lipinski definition) is 5. The van der Waals surface area contributed by atoms with Crippen LogP contribution in [-0.4, -0.2) is 24.4 Å². The molecule has 1 aromatic rings. The molecule has 6 heteroatoms. The molecule has 0 aliphatic heterocycles. The highest BCUT2D eigenvalue weighted by molar-refractivity contribution is 7.54. The summed E-state index contributed by atoms with van der Waals surface area (Å²) in [5.74, 6) is -0.535. The van der Waals surface area contributed by atoms with E-state index < -0.39 is 13.4 Å². The Balaban J connectivity index is 2.33. The summed E-state index contributed by atoms with van der Waals surface area (Å²) in [6.07, 6.45) is 5.66. The maximum Gasteiger partial charge on any atom is 0.352 e. The van der Waals surface area contributed by atoms with Crippen LogP contribution in [0.25, 0.3) is 0 Å². The van der Waals surface area contributed by atoms with E-state index in [1.165, 1.54) is 19.3 Å². The topological polar surface area (TPSA) is 67.8 Å². The van der Waals surface area contributed by atoms with E-state index in [-0.39, 0.29) is 11.8 Å². The first kappa shape index (κ1) is 18.5. The van der Waals surface area contributed by atoms with Crippen molar-refractivity contribution in [2.24, 2.45) is 0 Å². The molecule has 1 unspecified atom stereocenters. The zero-order chi connectivity index (χ0) is 16.7. The van der Waals surface area contributed by atoms with Crippen molar-refractivity contribution < 1.29 is 18.7 Å². The second-order valence-corrected chi connectivity index (χ2v) is 7.95. The minimum Gasteiger partial charge on any atom is -0.508 e. The molecule has 1 aliphatic rings. The highest BCUT2D eigenvalue weighted by Crippen LogP contribution is 2.61. The quantitative estimate of drug-likeness (QED) is 0.678. The van der Waals surface area contributed by atoms with Gasteiger partial charge in [0.1, 0.15) is 11.5 Å². The predicted molar refractivity (Wildman–Crippen MR) is 91.7 cm³/mol. The molecule has 0 spiro atoms. The van der Waals surface area contributed by atoms with Crippen LogP contribution in [0.4, 0.5) is 0 Å². The van der Waals surface area contributed by atoms with Crippen molar-refractivity contribution in [1.29, 1.82) is 0 Å². The maximum atomic E-state index is 13.3. The molecule has 5 nitrogen and oxygen atoms in total. The summed E-state index contributed by atoms with van der Waals surface area (Å²) >= 11 is 0. The zero-order valence-corrected chi connectivity index (χ0v) is 14.9. The molecule has 0 bridgehead atoms. The van der Waals surface area contributed by atoms with Crippen LogP contribution in [0.1, 0.15) is 57.3 Å². The lowest BCUT2D eigenvalue weighted by Crippen LogP contribution is -2.35. The molecular weight excluding hydrogens is 313 g/mol. The van der Waals surface area contributed by atoms with Crippen LogP contribution in [0.2, 0.25) is 0 Å². The smallest absolute Gasteiger partial charge is 0.352 e. The van der Waals surface area contributed by atoms with Crippen molar-refractivity contribution in [3.8, 4) is 5.75 Å². The summed E-state index contributed by atoms with van der Waals surface area (Å²) in [6, 6.07) is 7.23. The van der Waals surface area contributed by atoms with E-state index in [0.717, 1.165) is 12.8 Å². The van der Waals surface area contributed by atoms with Crippen LogP contribution < -0.4 is 5.32 Å². The van der Waals surface area contributed by atoms with E-state index in [1.54, 1.807) is 32.0 Å². The van der Waals surface area contributed by atoms with Gasteiger partial charge in [0.2, 0.25) is 0 Å². The van der Waals surface area contributed by atoms with Gasteiger partial charge in [-0.2, -0.15) is 0 Å². The Labute approximate surface area is 138 Å². The van der Waals surface area contributed by atoms with Gasteiger partial charge in [-0.25, -0.2) is 0 Å². The van der Waals surface area contributed by atoms with Crippen LogP contribution in [-0.2, 0) is 13.6 Å². The Hall–Kier alpha value is -0.870. The van der Waals surface area contributed by atoms with E-state index in [2.05, 4.69) is 5.32 Å². The first-order valence-corrected chi connectivity index (χ1v) is 10.1. The Bertz CT molecular complexity index is 521. The molecule has 0 heterocycles. The molecule has 2 rings (SSSR count). The molecule has 23 heavy (non-hydrogen) atoms. The zero-order valence-electron chi connectivity index (χ0n) is 14.0. The lowest BCUT2D eigenvalue weighted by molar-refractivity contribution is 0.201. The van der Waals surface area contributed by atoms with Gasteiger partial charge in [0.05, 0.1) is 13.2 Å². The number of phenols is 1. The Kier molecular flexibility index (Phi) is 7.09. The SMILES string of the molecule is CCOP(=O)(OCC)C(NC1CCCCC1)c1ccccc1O. The highest BCUT2D eigenvalue weighted by atomic mass is 31.2. The van der Waals surface area contributed by atoms with Gasteiger partial charge in [0.25, 0.3) is 0 Å². The van der Waals surface area contributed by atoms with Crippen molar-refractivity contribution in [2.45, 2.75) is 57.8 Å². The number of phenolic OH excluding ortho intramolecular Hbond substituents is 1. The predicted octanol–water partition coefficient (Wildman–Crippen LogP) is 4.58. The van der Waals surface area contributed by atoms with Gasteiger partial charge in [0, 0.05) is 11.6 Å². The van der Waals surface area contributed by atoms with Gasteiger partial charge in [-0.05, 0) is 32.8 Å². The number of aromatic hydroxyl groups is 1. The molecule has 0 radical (unpaired) electrons. The molecule has 1 aliphatic carbocycles. The van der Waals surface area contributed by atoms with E-state index in [9.17, 15) is 9.67 Å². The normalized spacial score (nSPS) is 18.0. The fourth-order valence-corrected chi connectivity index (χ4v) is 5.15. The van der Waals surface area contributed by atoms with E-state index in [1.807, 2.05) is 6.07 Å².